The van der Waals surface area contributed by atoms with Crippen LogP contribution in [0, 0.1) is 6.92 Å². The van der Waals surface area contributed by atoms with Crippen molar-refractivity contribution in [3.05, 3.63) is 35.4 Å². The fourth-order valence-corrected chi connectivity index (χ4v) is 3.45. The largest absolute Gasteiger partial charge is 0.319 e. The fourth-order valence-electron chi connectivity index (χ4n) is 3.45. The van der Waals surface area contributed by atoms with E-state index in [0.717, 1.165) is 32.1 Å². The van der Waals surface area contributed by atoms with E-state index >= 15 is 0 Å². The van der Waals surface area contributed by atoms with Crippen molar-refractivity contribution in [2.24, 2.45) is 0 Å². The average Bonchev–Trinajstić information content (AvgIpc) is 2.73. The average molecular weight is 286 g/mol. The molecule has 0 bridgehead atoms. The van der Waals surface area contributed by atoms with Crippen LogP contribution in [0.5, 0.6) is 0 Å². The van der Waals surface area contributed by atoms with Crippen LogP contribution in [0.4, 0.5) is 0 Å². The summed E-state index contributed by atoms with van der Waals surface area (Å²) < 4.78 is 0. The lowest BCUT2D eigenvalue weighted by molar-refractivity contribution is -0.134. The Morgan fingerprint density at radius 2 is 2.05 bits per heavy atom. The second-order valence-corrected chi connectivity index (χ2v) is 6.45. The van der Waals surface area contributed by atoms with Gasteiger partial charge in [-0.3, -0.25) is 10.1 Å². The molecule has 3 rings (SSSR count). The minimum Gasteiger partial charge on any atom is -0.319 e. The van der Waals surface area contributed by atoms with Gasteiger partial charge in [0.15, 0.2) is 0 Å². The van der Waals surface area contributed by atoms with Gasteiger partial charge in [0, 0.05) is 6.04 Å². The number of unbranched alkanes of at least 4 members (excludes halogenated alkanes) is 1. The van der Waals surface area contributed by atoms with Gasteiger partial charge in [-0.1, -0.05) is 44.0 Å². The molecule has 2 aliphatic rings. The highest BCUT2D eigenvalue weighted by Crippen LogP contribution is 2.37. The van der Waals surface area contributed by atoms with Gasteiger partial charge in [-0.2, -0.15) is 0 Å². The molecule has 1 aromatic carbocycles. The van der Waals surface area contributed by atoms with E-state index in [-0.39, 0.29) is 12.2 Å². The highest BCUT2D eigenvalue weighted by atomic mass is 16.2. The number of aryl methyl sites for hydroxylation is 1. The lowest BCUT2D eigenvalue weighted by Gasteiger charge is -2.38. The zero-order chi connectivity index (χ0) is 14.8. The molecule has 1 aromatic rings. The van der Waals surface area contributed by atoms with E-state index in [9.17, 15) is 4.79 Å². The van der Waals surface area contributed by atoms with Crippen molar-refractivity contribution in [2.45, 2.75) is 70.6 Å². The Morgan fingerprint density at radius 3 is 2.67 bits per heavy atom. The predicted molar refractivity (Wildman–Crippen MR) is 84.9 cm³/mol. The third kappa shape index (κ3) is 2.71. The monoisotopic (exact) mass is 286 g/mol. The molecule has 2 unspecified atom stereocenters. The molecule has 1 saturated carbocycles. The summed E-state index contributed by atoms with van der Waals surface area (Å²) >= 11 is 0. The fraction of sp³-hybridized carbons (Fsp3) is 0.611. The predicted octanol–water partition coefficient (Wildman–Crippen LogP) is 3.54. The van der Waals surface area contributed by atoms with E-state index in [2.05, 4.69) is 48.3 Å². The van der Waals surface area contributed by atoms with Crippen molar-refractivity contribution in [3.8, 4) is 0 Å². The standard InChI is InChI=1S/C18H26N2O/c1-3-4-12-16-18(21)20(14-9-7-10-14)17(19-16)15-11-6-5-8-13(15)2/h5-6,8,11,14,16-17,19H,3-4,7,9-10,12H2,1-2H3. The normalized spacial score (nSPS) is 26.2. The summed E-state index contributed by atoms with van der Waals surface area (Å²) in [5.74, 6) is 0.321. The lowest BCUT2D eigenvalue weighted by atomic mass is 9.90. The maximum absolute atomic E-state index is 12.8. The summed E-state index contributed by atoms with van der Waals surface area (Å²) in [6, 6.07) is 8.90. The molecule has 3 nitrogen and oxygen atoms in total. The third-order valence-electron chi connectivity index (χ3n) is 4.99. The van der Waals surface area contributed by atoms with Crippen molar-refractivity contribution in [3.63, 3.8) is 0 Å². The quantitative estimate of drug-likeness (QED) is 0.898. The SMILES string of the molecule is CCCCC1NC(c2ccccc2C)N(C2CCC2)C1=O. The van der Waals surface area contributed by atoms with Crippen molar-refractivity contribution in [1.82, 2.24) is 10.2 Å². The molecule has 2 fully saturated rings. The van der Waals surface area contributed by atoms with E-state index in [0.29, 0.717) is 11.9 Å². The Balaban J connectivity index is 1.86. The van der Waals surface area contributed by atoms with Crippen LogP contribution < -0.4 is 5.32 Å². The first-order chi connectivity index (χ1) is 10.2. The zero-order valence-corrected chi connectivity index (χ0v) is 13.1. The molecule has 2 atom stereocenters. The minimum absolute atomic E-state index is 0.00940. The molecular formula is C18H26N2O. The lowest BCUT2D eigenvalue weighted by Crippen LogP contribution is -2.44. The molecule has 0 radical (unpaired) electrons. The number of hydrogen-bond acceptors (Lipinski definition) is 2. The van der Waals surface area contributed by atoms with Gasteiger partial charge in [0.25, 0.3) is 0 Å². The summed E-state index contributed by atoms with van der Waals surface area (Å²) in [5, 5.41) is 3.61. The molecule has 1 aliphatic heterocycles. The summed E-state index contributed by atoms with van der Waals surface area (Å²) in [7, 11) is 0. The minimum atomic E-state index is 0.00940. The number of nitrogens with one attached hydrogen (secondary N) is 1. The van der Waals surface area contributed by atoms with Gasteiger partial charge in [-0.15, -0.1) is 0 Å². The van der Waals surface area contributed by atoms with Crippen LogP contribution in [0.1, 0.15) is 62.7 Å². The zero-order valence-electron chi connectivity index (χ0n) is 13.1. The third-order valence-corrected chi connectivity index (χ3v) is 4.99. The highest BCUT2D eigenvalue weighted by Gasteiger charge is 2.44. The summed E-state index contributed by atoms with van der Waals surface area (Å²) in [4.78, 5) is 14.9. The molecule has 0 aromatic heterocycles. The van der Waals surface area contributed by atoms with E-state index in [1.54, 1.807) is 0 Å². The Labute approximate surface area is 127 Å². The number of carbonyl (C=O) groups is 1. The van der Waals surface area contributed by atoms with E-state index in [1.165, 1.54) is 17.5 Å². The van der Waals surface area contributed by atoms with Gasteiger partial charge in [0.1, 0.15) is 6.17 Å². The second-order valence-electron chi connectivity index (χ2n) is 6.45. The van der Waals surface area contributed by atoms with Gasteiger partial charge in [-0.25, -0.2) is 0 Å². The summed E-state index contributed by atoms with van der Waals surface area (Å²) in [5.41, 5.74) is 2.53. The Bertz CT molecular complexity index is 510. The molecule has 3 heteroatoms. The smallest absolute Gasteiger partial charge is 0.241 e. The molecule has 1 amide bonds. The van der Waals surface area contributed by atoms with Crippen LogP contribution in [0.15, 0.2) is 24.3 Å². The van der Waals surface area contributed by atoms with Gasteiger partial charge in [0.05, 0.1) is 6.04 Å². The molecular weight excluding hydrogens is 260 g/mol. The van der Waals surface area contributed by atoms with E-state index < -0.39 is 0 Å². The number of amides is 1. The van der Waals surface area contributed by atoms with Crippen molar-refractivity contribution >= 4 is 5.91 Å². The topological polar surface area (TPSA) is 32.3 Å². The Morgan fingerprint density at radius 1 is 1.29 bits per heavy atom. The molecule has 1 heterocycles. The van der Waals surface area contributed by atoms with E-state index in [4.69, 9.17) is 0 Å². The van der Waals surface area contributed by atoms with Gasteiger partial charge in [-0.05, 0) is 43.7 Å². The molecule has 21 heavy (non-hydrogen) atoms. The van der Waals surface area contributed by atoms with Crippen LogP contribution in [-0.2, 0) is 4.79 Å². The first kappa shape index (κ1) is 14.6. The van der Waals surface area contributed by atoms with Crippen LogP contribution in [0.2, 0.25) is 0 Å². The Hall–Kier alpha value is -1.35. The maximum Gasteiger partial charge on any atom is 0.241 e. The Kier molecular flexibility index (Phi) is 4.29. The van der Waals surface area contributed by atoms with Crippen molar-refractivity contribution in [2.75, 3.05) is 0 Å². The first-order valence-corrected chi connectivity index (χ1v) is 8.36. The summed E-state index contributed by atoms with van der Waals surface area (Å²) in [6.07, 6.45) is 6.87. The van der Waals surface area contributed by atoms with Gasteiger partial charge < -0.3 is 4.90 Å². The van der Waals surface area contributed by atoms with Gasteiger partial charge in [0.2, 0.25) is 5.91 Å². The van der Waals surface area contributed by atoms with Crippen LogP contribution in [-0.4, -0.2) is 22.9 Å². The molecule has 1 saturated heterocycles. The maximum atomic E-state index is 12.8. The summed E-state index contributed by atoms with van der Waals surface area (Å²) in [6.45, 7) is 4.32. The number of rotatable bonds is 5. The van der Waals surface area contributed by atoms with Gasteiger partial charge >= 0.3 is 0 Å². The van der Waals surface area contributed by atoms with Crippen LogP contribution in [0.25, 0.3) is 0 Å². The van der Waals surface area contributed by atoms with Crippen LogP contribution >= 0.6 is 0 Å². The number of hydrogen-bond donors (Lipinski definition) is 1. The molecule has 114 valence electrons. The number of benzene rings is 1. The van der Waals surface area contributed by atoms with Crippen molar-refractivity contribution < 1.29 is 4.79 Å². The number of nitrogens with zero attached hydrogens (tertiary/aromatic N) is 1. The molecule has 0 spiro atoms. The first-order valence-electron chi connectivity index (χ1n) is 8.36. The van der Waals surface area contributed by atoms with E-state index in [1.807, 2.05) is 0 Å². The molecule has 1 aliphatic carbocycles. The number of carbonyl (C=O) groups excluding carboxylic acids is 1. The van der Waals surface area contributed by atoms with Crippen LogP contribution in [0.3, 0.4) is 0 Å². The molecule has 1 N–H and O–H groups in total. The second kappa shape index (κ2) is 6.18. The van der Waals surface area contributed by atoms with Crippen molar-refractivity contribution in [1.29, 1.82) is 0 Å². The highest BCUT2D eigenvalue weighted by molar-refractivity contribution is 5.85.